The third-order valence-corrected chi connectivity index (χ3v) is 5.26. The lowest BCUT2D eigenvalue weighted by atomic mass is 9.87. The third kappa shape index (κ3) is 5.45. The van der Waals surface area contributed by atoms with Crippen molar-refractivity contribution in [2.45, 2.75) is 78.6 Å². The van der Waals surface area contributed by atoms with Crippen LogP contribution in [0.4, 0.5) is 5.69 Å². The van der Waals surface area contributed by atoms with Gasteiger partial charge >= 0.3 is 0 Å². The van der Waals surface area contributed by atoms with E-state index in [4.69, 9.17) is 0 Å². The largest absolute Gasteiger partial charge is 0.326 e. The molecule has 0 radical (unpaired) electrons. The number of carbonyl (C=O) groups is 1. The first-order valence-corrected chi connectivity index (χ1v) is 10.2. The molecule has 2 nitrogen and oxygen atoms in total. The summed E-state index contributed by atoms with van der Waals surface area (Å²) in [4.78, 5) is 12.9. The van der Waals surface area contributed by atoms with Crippen LogP contribution in [0.2, 0.25) is 0 Å². The zero-order valence-corrected chi connectivity index (χ0v) is 18.0. The van der Waals surface area contributed by atoms with Crippen molar-refractivity contribution in [3.8, 4) is 0 Å². The Hall–Kier alpha value is -2.09. The van der Waals surface area contributed by atoms with Crippen LogP contribution in [-0.4, -0.2) is 5.91 Å². The number of carbonyl (C=O) groups excluding carboxylic acids is 1. The van der Waals surface area contributed by atoms with Crippen LogP contribution in [0.1, 0.15) is 101 Å². The fourth-order valence-electron chi connectivity index (χ4n) is 3.47. The first-order valence-electron chi connectivity index (χ1n) is 10.2. The highest BCUT2D eigenvalue weighted by Gasteiger charge is 2.20. The first-order chi connectivity index (χ1) is 12.7. The highest BCUT2D eigenvalue weighted by Crippen LogP contribution is 2.36. The molecule has 0 aliphatic carbocycles. The smallest absolute Gasteiger partial charge is 0.224 e. The van der Waals surface area contributed by atoms with Crippen LogP contribution in [-0.2, 0) is 4.79 Å². The Bertz CT molecular complexity index is 730. The van der Waals surface area contributed by atoms with Crippen LogP contribution in [0.5, 0.6) is 0 Å². The molecule has 1 N–H and O–H groups in total. The van der Waals surface area contributed by atoms with E-state index in [2.05, 4.69) is 78.0 Å². The minimum absolute atomic E-state index is 0.0902. The topological polar surface area (TPSA) is 29.1 Å². The second-order valence-corrected chi connectivity index (χ2v) is 8.60. The SMILES string of the molecule is CC(C)c1cc(C(C)C)c(NC(=O)C[C@@H](C)c2ccccc2)c(C(C)C)c1. The number of benzene rings is 2. The van der Waals surface area contributed by atoms with Gasteiger partial charge in [-0.2, -0.15) is 0 Å². The molecule has 2 heteroatoms. The van der Waals surface area contributed by atoms with Crippen molar-refractivity contribution in [3.05, 3.63) is 64.7 Å². The van der Waals surface area contributed by atoms with Crippen molar-refractivity contribution >= 4 is 11.6 Å². The van der Waals surface area contributed by atoms with Crippen LogP contribution in [0.3, 0.4) is 0 Å². The summed E-state index contributed by atoms with van der Waals surface area (Å²) in [7, 11) is 0. The Morgan fingerprint density at radius 2 is 1.30 bits per heavy atom. The quantitative estimate of drug-likeness (QED) is 0.552. The second-order valence-electron chi connectivity index (χ2n) is 8.60. The number of amides is 1. The highest BCUT2D eigenvalue weighted by atomic mass is 16.1. The van der Waals surface area contributed by atoms with E-state index in [-0.39, 0.29) is 11.8 Å². The fraction of sp³-hybridized carbons (Fsp3) is 0.480. The lowest BCUT2D eigenvalue weighted by Gasteiger charge is -2.23. The maximum atomic E-state index is 12.9. The van der Waals surface area contributed by atoms with E-state index in [9.17, 15) is 4.79 Å². The fourth-order valence-corrected chi connectivity index (χ4v) is 3.47. The molecular formula is C25H35NO. The summed E-state index contributed by atoms with van der Waals surface area (Å²) in [6.45, 7) is 15.4. The van der Waals surface area contributed by atoms with Crippen molar-refractivity contribution in [1.82, 2.24) is 0 Å². The molecule has 1 atom stereocenters. The molecule has 0 spiro atoms. The lowest BCUT2D eigenvalue weighted by Crippen LogP contribution is -2.18. The molecule has 0 saturated carbocycles. The molecule has 0 fully saturated rings. The molecule has 2 aromatic carbocycles. The normalized spacial score (nSPS) is 12.7. The molecule has 0 bridgehead atoms. The van der Waals surface area contributed by atoms with E-state index in [1.54, 1.807) is 0 Å². The van der Waals surface area contributed by atoms with E-state index in [0.717, 1.165) is 5.69 Å². The molecule has 0 aliphatic heterocycles. The Kier molecular flexibility index (Phi) is 7.24. The summed E-state index contributed by atoms with van der Waals surface area (Å²) in [5.74, 6) is 1.49. The van der Waals surface area contributed by atoms with Gasteiger partial charge in [0.25, 0.3) is 0 Å². The number of nitrogens with one attached hydrogen (secondary N) is 1. The molecule has 1 amide bonds. The van der Waals surface area contributed by atoms with E-state index in [1.165, 1.54) is 22.3 Å². The molecule has 2 rings (SSSR count). The van der Waals surface area contributed by atoms with Crippen LogP contribution < -0.4 is 5.32 Å². The maximum Gasteiger partial charge on any atom is 0.224 e. The standard InChI is InChI=1S/C25H35NO/c1-16(2)21-14-22(17(3)4)25(23(15-21)18(5)6)26-24(27)13-19(7)20-11-9-8-10-12-20/h8-12,14-19H,13H2,1-7H3,(H,26,27)/t19-/m1/s1. The highest BCUT2D eigenvalue weighted by molar-refractivity contribution is 5.93. The average Bonchev–Trinajstić information content (AvgIpc) is 2.61. The summed E-state index contributed by atoms with van der Waals surface area (Å²) in [6, 6.07) is 14.8. The summed E-state index contributed by atoms with van der Waals surface area (Å²) >= 11 is 0. The van der Waals surface area contributed by atoms with Crippen molar-refractivity contribution < 1.29 is 4.79 Å². The van der Waals surface area contributed by atoms with Gasteiger partial charge in [-0.25, -0.2) is 0 Å². The molecule has 0 unspecified atom stereocenters. The van der Waals surface area contributed by atoms with Gasteiger partial charge in [0.15, 0.2) is 0 Å². The zero-order chi connectivity index (χ0) is 20.1. The van der Waals surface area contributed by atoms with Gasteiger partial charge in [-0.1, -0.05) is 90.9 Å². The second kappa shape index (κ2) is 9.21. The van der Waals surface area contributed by atoms with Crippen LogP contribution >= 0.6 is 0 Å². The van der Waals surface area contributed by atoms with Gasteiger partial charge in [-0.05, 0) is 45.9 Å². The summed E-state index contributed by atoms with van der Waals surface area (Å²) in [5, 5.41) is 3.27. The van der Waals surface area contributed by atoms with E-state index < -0.39 is 0 Å². The van der Waals surface area contributed by atoms with Gasteiger partial charge in [0.05, 0.1) is 0 Å². The first kappa shape index (κ1) is 21.2. The van der Waals surface area contributed by atoms with Gasteiger partial charge in [0, 0.05) is 12.1 Å². The van der Waals surface area contributed by atoms with Crippen molar-refractivity contribution in [2.24, 2.45) is 0 Å². The Morgan fingerprint density at radius 1 is 0.778 bits per heavy atom. The van der Waals surface area contributed by atoms with Crippen molar-refractivity contribution in [1.29, 1.82) is 0 Å². The minimum atomic E-state index is 0.0902. The molecule has 0 aliphatic rings. The number of rotatable bonds is 7. The Morgan fingerprint density at radius 3 is 1.74 bits per heavy atom. The number of anilines is 1. The molecule has 0 heterocycles. The number of hydrogen-bond acceptors (Lipinski definition) is 1. The van der Waals surface area contributed by atoms with Crippen molar-refractivity contribution in [3.63, 3.8) is 0 Å². The lowest BCUT2D eigenvalue weighted by molar-refractivity contribution is -0.116. The third-order valence-electron chi connectivity index (χ3n) is 5.26. The predicted octanol–water partition coefficient (Wildman–Crippen LogP) is 7.19. The van der Waals surface area contributed by atoms with Gasteiger partial charge in [-0.3, -0.25) is 4.79 Å². The van der Waals surface area contributed by atoms with Crippen molar-refractivity contribution in [2.75, 3.05) is 5.32 Å². The molecule has 27 heavy (non-hydrogen) atoms. The van der Waals surface area contributed by atoms with Crippen LogP contribution in [0.15, 0.2) is 42.5 Å². The van der Waals surface area contributed by atoms with Gasteiger partial charge in [-0.15, -0.1) is 0 Å². The zero-order valence-electron chi connectivity index (χ0n) is 18.0. The van der Waals surface area contributed by atoms with E-state index >= 15 is 0 Å². The van der Waals surface area contributed by atoms with Gasteiger partial charge in [0.1, 0.15) is 0 Å². The summed E-state index contributed by atoms with van der Waals surface area (Å²) in [6.07, 6.45) is 0.491. The van der Waals surface area contributed by atoms with Crippen LogP contribution in [0.25, 0.3) is 0 Å². The van der Waals surface area contributed by atoms with E-state index in [1.807, 2.05) is 18.2 Å². The predicted molar refractivity (Wildman–Crippen MR) is 117 cm³/mol. The summed E-state index contributed by atoms with van der Waals surface area (Å²) < 4.78 is 0. The molecule has 0 aromatic heterocycles. The van der Waals surface area contributed by atoms with Gasteiger partial charge in [0.2, 0.25) is 5.91 Å². The molecule has 2 aromatic rings. The average molecular weight is 366 g/mol. The Labute approximate surface area is 165 Å². The molecule has 146 valence electrons. The number of hydrogen-bond donors (Lipinski definition) is 1. The molecular weight excluding hydrogens is 330 g/mol. The van der Waals surface area contributed by atoms with E-state index in [0.29, 0.717) is 24.2 Å². The monoisotopic (exact) mass is 365 g/mol. The maximum absolute atomic E-state index is 12.9. The Balaban J connectivity index is 2.32. The molecule has 0 saturated heterocycles. The minimum Gasteiger partial charge on any atom is -0.326 e. The summed E-state index contributed by atoms with van der Waals surface area (Å²) in [5.41, 5.74) is 6.06. The van der Waals surface area contributed by atoms with Gasteiger partial charge < -0.3 is 5.32 Å². The van der Waals surface area contributed by atoms with Crippen LogP contribution in [0, 0.1) is 0 Å².